The van der Waals surface area contributed by atoms with Gasteiger partial charge in [-0.15, -0.1) is 0 Å². The van der Waals surface area contributed by atoms with E-state index in [1.807, 2.05) is 16.8 Å². The predicted molar refractivity (Wildman–Crippen MR) is 95.7 cm³/mol. The van der Waals surface area contributed by atoms with Crippen molar-refractivity contribution in [2.45, 2.75) is 5.92 Å². The number of thiophene rings is 1. The molecule has 3 heterocycles. The molecule has 0 amide bonds. The summed E-state index contributed by atoms with van der Waals surface area (Å²) in [6, 6.07) is 10.9. The van der Waals surface area contributed by atoms with E-state index >= 15 is 0 Å². The molecule has 0 saturated heterocycles. The predicted octanol–water partition coefficient (Wildman–Crippen LogP) is 2.70. The van der Waals surface area contributed by atoms with Crippen molar-refractivity contribution in [3.05, 3.63) is 68.6 Å². The summed E-state index contributed by atoms with van der Waals surface area (Å²) in [6.07, 6.45) is 0. The SMILES string of the molecule is CN1c2ccccc2C2=C([C@@H](c3ccsc3)C(C#N)=C(N)O2)S1(=O)=O. The summed E-state index contributed by atoms with van der Waals surface area (Å²) >= 11 is 1.43. The fourth-order valence-corrected chi connectivity index (χ4v) is 5.50. The number of nitrogens with two attached hydrogens (primary N) is 1. The highest BCUT2D eigenvalue weighted by Crippen LogP contribution is 2.50. The highest BCUT2D eigenvalue weighted by Gasteiger charge is 2.46. The molecule has 0 aliphatic carbocycles. The van der Waals surface area contributed by atoms with Gasteiger partial charge in [0.15, 0.2) is 5.76 Å². The van der Waals surface area contributed by atoms with Crippen LogP contribution < -0.4 is 10.0 Å². The number of sulfonamides is 1. The van der Waals surface area contributed by atoms with Crippen LogP contribution >= 0.6 is 11.3 Å². The van der Waals surface area contributed by atoms with Crippen LogP contribution in [0.5, 0.6) is 0 Å². The standard InChI is InChI=1S/C17H13N3O3S2/c1-20-13-5-3-2-4-11(13)15-16(25(20,21)22)14(10-6-7-24-9-10)12(8-18)17(19)23-15/h2-7,9,14H,19H2,1H3/t14-/m0/s1. The Kier molecular flexibility index (Phi) is 3.39. The molecule has 2 aliphatic heterocycles. The maximum absolute atomic E-state index is 13.2. The zero-order valence-electron chi connectivity index (χ0n) is 13.1. The van der Waals surface area contributed by atoms with Crippen molar-refractivity contribution < 1.29 is 13.2 Å². The van der Waals surface area contributed by atoms with Gasteiger partial charge in [-0.25, -0.2) is 8.42 Å². The summed E-state index contributed by atoms with van der Waals surface area (Å²) in [7, 11) is -2.37. The van der Waals surface area contributed by atoms with Gasteiger partial charge in [0.05, 0.1) is 11.6 Å². The third-order valence-corrected chi connectivity index (χ3v) is 6.97. The highest BCUT2D eigenvalue weighted by molar-refractivity contribution is 7.96. The Morgan fingerprint density at radius 2 is 2.08 bits per heavy atom. The van der Waals surface area contributed by atoms with Crippen LogP contribution in [0.1, 0.15) is 17.0 Å². The Bertz CT molecular complexity index is 1080. The van der Waals surface area contributed by atoms with Gasteiger partial charge in [-0.05, 0) is 34.5 Å². The third-order valence-electron chi connectivity index (χ3n) is 4.38. The Labute approximate surface area is 149 Å². The van der Waals surface area contributed by atoms with Crippen molar-refractivity contribution in [2.24, 2.45) is 5.73 Å². The van der Waals surface area contributed by atoms with Gasteiger partial charge in [0, 0.05) is 12.6 Å². The number of hydrogen-bond donors (Lipinski definition) is 1. The van der Waals surface area contributed by atoms with Crippen molar-refractivity contribution in [3.8, 4) is 6.07 Å². The van der Waals surface area contributed by atoms with Gasteiger partial charge >= 0.3 is 0 Å². The van der Waals surface area contributed by atoms with Crippen LogP contribution in [0, 0.1) is 11.3 Å². The molecule has 0 bridgehead atoms. The van der Waals surface area contributed by atoms with Crippen molar-refractivity contribution in [2.75, 3.05) is 11.4 Å². The maximum Gasteiger partial charge on any atom is 0.264 e. The smallest absolute Gasteiger partial charge is 0.264 e. The Balaban J connectivity index is 2.09. The van der Waals surface area contributed by atoms with Gasteiger partial charge in [0.25, 0.3) is 10.0 Å². The fraction of sp³-hybridized carbons (Fsp3) is 0.118. The second kappa shape index (κ2) is 5.37. The van der Waals surface area contributed by atoms with E-state index in [-0.39, 0.29) is 22.1 Å². The molecule has 6 nitrogen and oxygen atoms in total. The minimum atomic E-state index is -3.87. The molecule has 2 N–H and O–H groups in total. The van der Waals surface area contributed by atoms with Crippen LogP contribution in [-0.2, 0) is 14.8 Å². The molecule has 1 atom stereocenters. The number of benzene rings is 1. The van der Waals surface area contributed by atoms with Gasteiger partial charge in [0.2, 0.25) is 5.88 Å². The van der Waals surface area contributed by atoms with Gasteiger partial charge in [-0.2, -0.15) is 16.6 Å². The van der Waals surface area contributed by atoms with Crippen LogP contribution in [-0.4, -0.2) is 15.5 Å². The number of nitriles is 1. The summed E-state index contributed by atoms with van der Waals surface area (Å²) in [5, 5.41) is 13.2. The number of fused-ring (bicyclic) bond motifs is 2. The molecule has 2 aliphatic rings. The molecule has 0 radical (unpaired) electrons. The first-order valence-corrected chi connectivity index (χ1v) is 9.77. The van der Waals surface area contributed by atoms with E-state index in [1.54, 1.807) is 30.3 Å². The molecule has 0 fully saturated rings. The molecule has 25 heavy (non-hydrogen) atoms. The second-order valence-electron chi connectivity index (χ2n) is 5.66. The molecule has 8 heteroatoms. The minimum absolute atomic E-state index is 0.0536. The summed E-state index contributed by atoms with van der Waals surface area (Å²) in [5.41, 5.74) is 7.93. The molecule has 1 aromatic heterocycles. The molecule has 1 aromatic carbocycles. The normalized spacial score (nSPS) is 21.3. The average molecular weight is 371 g/mol. The summed E-state index contributed by atoms with van der Waals surface area (Å²) in [5.74, 6) is -0.644. The van der Waals surface area contributed by atoms with Crippen LogP contribution in [0.2, 0.25) is 0 Å². The molecule has 0 spiro atoms. The summed E-state index contributed by atoms with van der Waals surface area (Å²) < 4.78 is 33.3. The molecule has 0 saturated carbocycles. The van der Waals surface area contributed by atoms with Gasteiger partial charge < -0.3 is 10.5 Å². The topological polar surface area (TPSA) is 96.4 Å². The van der Waals surface area contributed by atoms with Crippen LogP contribution in [0.25, 0.3) is 5.76 Å². The van der Waals surface area contributed by atoms with E-state index < -0.39 is 15.9 Å². The summed E-state index contributed by atoms with van der Waals surface area (Å²) in [4.78, 5) is 0.0536. The number of allylic oxidation sites excluding steroid dienone is 2. The van der Waals surface area contributed by atoms with Crippen molar-refractivity contribution >= 4 is 32.8 Å². The zero-order chi connectivity index (χ0) is 17.8. The van der Waals surface area contributed by atoms with E-state index in [2.05, 4.69) is 0 Å². The lowest BCUT2D eigenvalue weighted by Crippen LogP contribution is -2.37. The van der Waals surface area contributed by atoms with Crippen LogP contribution in [0.15, 0.2) is 57.5 Å². The van der Waals surface area contributed by atoms with E-state index in [0.29, 0.717) is 16.8 Å². The number of hydrogen-bond acceptors (Lipinski definition) is 6. The van der Waals surface area contributed by atoms with Gasteiger partial charge in [0.1, 0.15) is 16.5 Å². The first kappa shape index (κ1) is 15.7. The maximum atomic E-state index is 13.2. The van der Waals surface area contributed by atoms with E-state index in [1.165, 1.54) is 22.7 Å². The second-order valence-corrected chi connectivity index (χ2v) is 8.38. The lowest BCUT2D eigenvalue weighted by Gasteiger charge is -2.36. The molecule has 126 valence electrons. The van der Waals surface area contributed by atoms with Crippen LogP contribution in [0.4, 0.5) is 5.69 Å². The highest BCUT2D eigenvalue weighted by atomic mass is 32.2. The Morgan fingerprint density at radius 3 is 2.76 bits per heavy atom. The lowest BCUT2D eigenvalue weighted by molar-refractivity contribution is 0.357. The van der Waals surface area contributed by atoms with E-state index in [0.717, 1.165) is 0 Å². The molecule has 4 rings (SSSR count). The first-order valence-electron chi connectivity index (χ1n) is 7.39. The van der Waals surface area contributed by atoms with Crippen molar-refractivity contribution in [1.29, 1.82) is 5.26 Å². The number of ether oxygens (including phenoxy) is 1. The third kappa shape index (κ3) is 2.10. The van der Waals surface area contributed by atoms with Gasteiger partial charge in [-0.3, -0.25) is 4.31 Å². The van der Waals surface area contributed by atoms with Crippen molar-refractivity contribution in [3.63, 3.8) is 0 Å². The molecule has 0 unspecified atom stereocenters. The molecule has 2 aromatic rings. The number of anilines is 1. The lowest BCUT2D eigenvalue weighted by atomic mass is 9.90. The zero-order valence-corrected chi connectivity index (χ0v) is 14.8. The number of para-hydroxylation sites is 1. The molecular formula is C17H13N3O3S2. The van der Waals surface area contributed by atoms with E-state index in [4.69, 9.17) is 10.5 Å². The fourth-order valence-electron chi connectivity index (χ4n) is 3.17. The first-order chi connectivity index (χ1) is 12.0. The largest absolute Gasteiger partial charge is 0.439 e. The average Bonchev–Trinajstić information content (AvgIpc) is 3.13. The van der Waals surface area contributed by atoms with Gasteiger partial charge in [-0.1, -0.05) is 12.1 Å². The summed E-state index contributed by atoms with van der Waals surface area (Å²) in [6.45, 7) is 0. The quantitative estimate of drug-likeness (QED) is 0.831. The number of rotatable bonds is 1. The Morgan fingerprint density at radius 1 is 1.32 bits per heavy atom. The monoisotopic (exact) mass is 371 g/mol. The minimum Gasteiger partial charge on any atom is -0.439 e. The Hall–Kier alpha value is -2.76. The molecular weight excluding hydrogens is 358 g/mol. The van der Waals surface area contributed by atoms with E-state index in [9.17, 15) is 13.7 Å². The van der Waals surface area contributed by atoms with Crippen molar-refractivity contribution in [1.82, 2.24) is 0 Å². The van der Waals surface area contributed by atoms with Crippen LogP contribution in [0.3, 0.4) is 0 Å². The number of nitrogens with zero attached hydrogens (tertiary/aromatic N) is 2.